The molecule has 2 aromatic rings. The highest BCUT2D eigenvalue weighted by Gasteiger charge is 2.09. The van der Waals surface area contributed by atoms with Crippen molar-refractivity contribution in [3.8, 4) is 5.75 Å². The number of hydrogen-bond donors (Lipinski definition) is 0. The van der Waals surface area contributed by atoms with Crippen molar-refractivity contribution in [3.05, 3.63) is 59.4 Å². The van der Waals surface area contributed by atoms with Gasteiger partial charge in [-0.15, -0.1) is 0 Å². The summed E-state index contributed by atoms with van der Waals surface area (Å²) in [5.74, 6) is 0.972. The Hall–Kier alpha value is -2.16. The van der Waals surface area contributed by atoms with Crippen molar-refractivity contribution in [2.24, 2.45) is 0 Å². The second-order valence-corrected chi connectivity index (χ2v) is 4.41. The summed E-state index contributed by atoms with van der Waals surface area (Å²) in [6.45, 7) is 1.86. The molecule has 0 saturated heterocycles. The molecule has 0 bridgehead atoms. The SMILES string of the molecule is COc1ccc(CCC(=O)c2cccnc2C)cc1. The molecule has 0 atom stereocenters. The van der Waals surface area contributed by atoms with Crippen molar-refractivity contribution in [2.45, 2.75) is 19.8 Å². The summed E-state index contributed by atoms with van der Waals surface area (Å²) in [7, 11) is 1.64. The Balaban J connectivity index is 1.98. The van der Waals surface area contributed by atoms with E-state index in [-0.39, 0.29) is 5.78 Å². The second-order valence-electron chi connectivity index (χ2n) is 4.41. The summed E-state index contributed by atoms with van der Waals surface area (Å²) in [4.78, 5) is 16.2. The number of carbonyl (C=O) groups is 1. The third-order valence-electron chi connectivity index (χ3n) is 3.11. The number of rotatable bonds is 5. The van der Waals surface area contributed by atoms with Crippen LogP contribution in [0.4, 0.5) is 0 Å². The van der Waals surface area contributed by atoms with Gasteiger partial charge in [-0.1, -0.05) is 12.1 Å². The highest BCUT2D eigenvalue weighted by molar-refractivity contribution is 5.97. The predicted octanol–water partition coefficient (Wildman–Crippen LogP) is 3.21. The van der Waals surface area contributed by atoms with Crippen LogP contribution in [-0.2, 0) is 6.42 Å². The molecule has 98 valence electrons. The fourth-order valence-electron chi connectivity index (χ4n) is 1.96. The standard InChI is InChI=1S/C16H17NO2/c1-12-15(4-3-11-17-12)16(18)10-7-13-5-8-14(19-2)9-6-13/h3-6,8-9,11H,7,10H2,1-2H3. The normalized spacial score (nSPS) is 10.2. The van der Waals surface area contributed by atoms with Gasteiger partial charge in [0.05, 0.1) is 7.11 Å². The van der Waals surface area contributed by atoms with Gasteiger partial charge in [0, 0.05) is 23.9 Å². The smallest absolute Gasteiger partial charge is 0.165 e. The Morgan fingerprint density at radius 1 is 1.21 bits per heavy atom. The van der Waals surface area contributed by atoms with Crippen molar-refractivity contribution < 1.29 is 9.53 Å². The molecule has 0 radical (unpaired) electrons. The van der Waals surface area contributed by atoms with Gasteiger partial charge in [0.2, 0.25) is 0 Å². The second kappa shape index (κ2) is 6.14. The molecule has 1 aromatic heterocycles. The molecule has 0 fully saturated rings. The number of aryl methyl sites for hydroxylation is 2. The molecule has 1 heterocycles. The number of nitrogens with zero attached hydrogens (tertiary/aromatic N) is 1. The molecule has 0 aliphatic rings. The highest BCUT2D eigenvalue weighted by atomic mass is 16.5. The van der Waals surface area contributed by atoms with Crippen molar-refractivity contribution in [1.82, 2.24) is 4.98 Å². The van der Waals surface area contributed by atoms with Gasteiger partial charge in [0.25, 0.3) is 0 Å². The molecule has 2 rings (SSSR count). The summed E-state index contributed by atoms with van der Waals surface area (Å²) < 4.78 is 5.10. The van der Waals surface area contributed by atoms with Gasteiger partial charge in [0.15, 0.2) is 5.78 Å². The van der Waals surface area contributed by atoms with Crippen LogP contribution in [0.2, 0.25) is 0 Å². The summed E-state index contributed by atoms with van der Waals surface area (Å²) in [6.07, 6.45) is 2.94. The van der Waals surface area contributed by atoms with E-state index in [9.17, 15) is 4.79 Å². The molecule has 3 heteroatoms. The summed E-state index contributed by atoms with van der Waals surface area (Å²) >= 11 is 0. The summed E-state index contributed by atoms with van der Waals surface area (Å²) in [5.41, 5.74) is 2.65. The molecule has 0 aliphatic carbocycles. The number of ketones is 1. The Labute approximate surface area is 113 Å². The average Bonchev–Trinajstić information content (AvgIpc) is 2.46. The van der Waals surface area contributed by atoms with Crippen LogP contribution in [0.5, 0.6) is 5.75 Å². The lowest BCUT2D eigenvalue weighted by atomic mass is 10.0. The Kier molecular flexibility index (Phi) is 4.29. The van der Waals surface area contributed by atoms with Gasteiger partial charge >= 0.3 is 0 Å². The Morgan fingerprint density at radius 2 is 1.95 bits per heavy atom. The van der Waals surface area contributed by atoms with E-state index in [1.807, 2.05) is 37.3 Å². The van der Waals surface area contributed by atoms with Crippen LogP contribution in [0, 0.1) is 6.92 Å². The number of ether oxygens (including phenoxy) is 1. The molecular weight excluding hydrogens is 238 g/mol. The number of methoxy groups -OCH3 is 1. The van der Waals surface area contributed by atoms with Crippen molar-refractivity contribution in [2.75, 3.05) is 7.11 Å². The van der Waals surface area contributed by atoms with Crippen molar-refractivity contribution >= 4 is 5.78 Å². The zero-order valence-corrected chi connectivity index (χ0v) is 11.2. The molecule has 0 spiro atoms. The molecule has 0 aliphatic heterocycles. The van der Waals surface area contributed by atoms with Gasteiger partial charge in [-0.25, -0.2) is 0 Å². The summed E-state index contributed by atoms with van der Waals surface area (Å²) in [5, 5.41) is 0. The van der Waals surface area contributed by atoms with E-state index in [1.165, 1.54) is 0 Å². The lowest BCUT2D eigenvalue weighted by molar-refractivity contribution is 0.0982. The summed E-state index contributed by atoms with van der Waals surface area (Å²) in [6, 6.07) is 11.4. The van der Waals surface area contributed by atoms with Gasteiger partial charge in [-0.2, -0.15) is 0 Å². The van der Waals surface area contributed by atoms with E-state index in [1.54, 1.807) is 19.4 Å². The third-order valence-corrected chi connectivity index (χ3v) is 3.11. The van der Waals surface area contributed by atoms with E-state index in [2.05, 4.69) is 4.98 Å². The first-order valence-corrected chi connectivity index (χ1v) is 6.28. The average molecular weight is 255 g/mol. The molecule has 0 N–H and O–H groups in total. The number of Topliss-reactive ketones (excluding diaryl/α,β-unsaturated/α-hetero) is 1. The van der Waals surface area contributed by atoms with Crippen LogP contribution in [0.15, 0.2) is 42.6 Å². The van der Waals surface area contributed by atoms with Crippen LogP contribution in [0.25, 0.3) is 0 Å². The van der Waals surface area contributed by atoms with Crippen LogP contribution in [-0.4, -0.2) is 17.9 Å². The molecule has 0 unspecified atom stereocenters. The molecule has 1 aromatic carbocycles. The molecular formula is C16H17NO2. The Bertz CT molecular complexity index is 561. The Morgan fingerprint density at radius 3 is 2.58 bits per heavy atom. The first-order valence-electron chi connectivity index (χ1n) is 6.28. The maximum atomic E-state index is 12.1. The van der Waals surface area contributed by atoms with Crippen LogP contribution in [0.1, 0.15) is 28.0 Å². The topological polar surface area (TPSA) is 39.2 Å². The van der Waals surface area contributed by atoms with E-state index < -0.39 is 0 Å². The number of aromatic nitrogens is 1. The van der Waals surface area contributed by atoms with Crippen molar-refractivity contribution in [1.29, 1.82) is 0 Å². The highest BCUT2D eigenvalue weighted by Crippen LogP contribution is 2.14. The van der Waals surface area contributed by atoms with E-state index in [0.29, 0.717) is 6.42 Å². The first kappa shape index (κ1) is 13.3. The molecule has 0 saturated carbocycles. The predicted molar refractivity (Wildman–Crippen MR) is 74.6 cm³/mol. The fraction of sp³-hybridized carbons (Fsp3) is 0.250. The third kappa shape index (κ3) is 3.41. The number of hydrogen-bond acceptors (Lipinski definition) is 3. The molecule has 0 amide bonds. The minimum atomic E-state index is 0.140. The van der Waals surface area contributed by atoms with E-state index >= 15 is 0 Å². The first-order chi connectivity index (χ1) is 9.20. The minimum absolute atomic E-state index is 0.140. The van der Waals surface area contributed by atoms with E-state index in [4.69, 9.17) is 4.74 Å². The largest absolute Gasteiger partial charge is 0.497 e. The molecule has 3 nitrogen and oxygen atoms in total. The monoisotopic (exact) mass is 255 g/mol. The van der Waals surface area contributed by atoms with Crippen LogP contribution in [0.3, 0.4) is 0 Å². The van der Waals surface area contributed by atoms with Gasteiger partial charge in [-0.3, -0.25) is 9.78 Å². The number of pyridine rings is 1. The lowest BCUT2D eigenvalue weighted by Crippen LogP contribution is -2.04. The van der Waals surface area contributed by atoms with Gasteiger partial charge < -0.3 is 4.74 Å². The maximum absolute atomic E-state index is 12.1. The minimum Gasteiger partial charge on any atom is -0.497 e. The zero-order chi connectivity index (χ0) is 13.7. The van der Waals surface area contributed by atoms with Crippen LogP contribution < -0.4 is 4.74 Å². The van der Waals surface area contributed by atoms with E-state index in [0.717, 1.165) is 29.0 Å². The number of carbonyl (C=O) groups excluding carboxylic acids is 1. The number of benzene rings is 1. The molecule has 19 heavy (non-hydrogen) atoms. The lowest BCUT2D eigenvalue weighted by Gasteiger charge is -2.05. The zero-order valence-electron chi connectivity index (χ0n) is 11.2. The quantitative estimate of drug-likeness (QED) is 0.770. The maximum Gasteiger partial charge on any atom is 0.165 e. The van der Waals surface area contributed by atoms with Gasteiger partial charge in [0.1, 0.15) is 5.75 Å². The van der Waals surface area contributed by atoms with Crippen LogP contribution >= 0.6 is 0 Å². The fourth-order valence-corrected chi connectivity index (χ4v) is 1.96. The van der Waals surface area contributed by atoms with Crippen molar-refractivity contribution in [3.63, 3.8) is 0 Å². The van der Waals surface area contributed by atoms with Gasteiger partial charge in [-0.05, 0) is 43.2 Å².